The molecule has 0 N–H and O–H groups in total. The number of hydrogen-bond acceptors (Lipinski definition) is 4. The second kappa shape index (κ2) is 7.80. The van der Waals surface area contributed by atoms with Gasteiger partial charge in [-0.05, 0) is 30.3 Å². The Morgan fingerprint density at radius 1 is 1.11 bits per heavy atom. The lowest BCUT2D eigenvalue weighted by Crippen LogP contribution is -2.08. The number of nitriles is 1. The zero-order valence-electron chi connectivity index (χ0n) is 13.3. The van der Waals surface area contributed by atoms with Gasteiger partial charge in [-0.2, -0.15) is 18.4 Å². The van der Waals surface area contributed by atoms with E-state index in [-0.39, 0.29) is 16.6 Å². The van der Waals surface area contributed by atoms with Crippen LogP contribution in [0.15, 0.2) is 47.6 Å². The lowest BCUT2D eigenvalue weighted by molar-refractivity contribution is -0.137. The molecule has 0 aliphatic heterocycles. The van der Waals surface area contributed by atoms with Crippen LogP contribution in [0.2, 0.25) is 10.0 Å². The molecule has 2 aromatic carbocycles. The molecular weight excluding hydrogens is 420 g/mol. The molecular formula is C17H9Cl2F3N4S. The van der Waals surface area contributed by atoms with Crippen LogP contribution >= 0.6 is 35.0 Å². The van der Waals surface area contributed by atoms with Crippen LogP contribution in [-0.4, -0.2) is 20.5 Å². The summed E-state index contributed by atoms with van der Waals surface area (Å²) in [6.45, 7) is 0. The molecule has 0 aliphatic carbocycles. The number of hydrogen-bond donors (Lipinski definition) is 0. The molecule has 4 nitrogen and oxygen atoms in total. The minimum Gasteiger partial charge on any atom is -0.270 e. The average molecular weight is 429 g/mol. The third-order valence-electron chi connectivity index (χ3n) is 3.50. The molecule has 0 saturated carbocycles. The summed E-state index contributed by atoms with van der Waals surface area (Å²) in [4.78, 5) is 0. The maximum absolute atomic E-state index is 13.3. The maximum atomic E-state index is 13.3. The monoisotopic (exact) mass is 428 g/mol. The summed E-state index contributed by atoms with van der Waals surface area (Å²) in [6, 6.07) is 12.2. The SMILES string of the molecule is N#CCSc1nnc(-c2cccc(Cl)c2)n1-c1ccc(Cl)c(C(F)(F)F)c1. The van der Waals surface area contributed by atoms with Crippen molar-refractivity contribution in [1.82, 2.24) is 14.8 Å². The molecule has 138 valence electrons. The zero-order chi connectivity index (χ0) is 19.6. The predicted molar refractivity (Wildman–Crippen MR) is 98.2 cm³/mol. The summed E-state index contributed by atoms with van der Waals surface area (Å²) in [6.07, 6.45) is -4.61. The molecule has 1 aromatic heterocycles. The van der Waals surface area contributed by atoms with E-state index < -0.39 is 16.8 Å². The minimum absolute atomic E-state index is 0.0629. The van der Waals surface area contributed by atoms with Gasteiger partial charge >= 0.3 is 6.18 Å². The van der Waals surface area contributed by atoms with E-state index in [1.165, 1.54) is 16.7 Å². The smallest absolute Gasteiger partial charge is 0.270 e. The van der Waals surface area contributed by atoms with Gasteiger partial charge < -0.3 is 0 Å². The van der Waals surface area contributed by atoms with E-state index >= 15 is 0 Å². The van der Waals surface area contributed by atoms with Crippen LogP contribution < -0.4 is 0 Å². The molecule has 0 saturated heterocycles. The van der Waals surface area contributed by atoms with E-state index in [4.69, 9.17) is 28.5 Å². The Labute approximate surface area is 166 Å². The van der Waals surface area contributed by atoms with E-state index in [2.05, 4.69) is 10.2 Å². The second-order valence-electron chi connectivity index (χ2n) is 5.26. The van der Waals surface area contributed by atoms with Crippen molar-refractivity contribution in [2.24, 2.45) is 0 Å². The summed E-state index contributed by atoms with van der Waals surface area (Å²) in [5, 5.41) is 17.2. The number of halogens is 5. The highest BCUT2D eigenvalue weighted by Gasteiger charge is 2.34. The molecule has 10 heteroatoms. The van der Waals surface area contributed by atoms with Crippen LogP contribution in [0.4, 0.5) is 13.2 Å². The molecule has 1 heterocycles. The fourth-order valence-corrected chi connectivity index (χ4v) is 3.41. The van der Waals surface area contributed by atoms with Gasteiger partial charge in [0.15, 0.2) is 11.0 Å². The molecule has 3 aromatic rings. The van der Waals surface area contributed by atoms with Gasteiger partial charge in [0.2, 0.25) is 0 Å². The Bertz CT molecular complexity index is 1030. The Morgan fingerprint density at radius 2 is 1.89 bits per heavy atom. The van der Waals surface area contributed by atoms with Gasteiger partial charge in [-0.15, -0.1) is 10.2 Å². The Morgan fingerprint density at radius 3 is 2.56 bits per heavy atom. The first-order chi connectivity index (χ1) is 12.8. The molecule has 0 unspecified atom stereocenters. The summed E-state index contributed by atoms with van der Waals surface area (Å²) in [5.41, 5.74) is -0.224. The number of rotatable bonds is 4. The first-order valence-electron chi connectivity index (χ1n) is 7.39. The summed E-state index contributed by atoms with van der Waals surface area (Å²) in [5.74, 6) is 0.362. The van der Waals surface area contributed by atoms with E-state index in [9.17, 15) is 13.2 Å². The summed E-state index contributed by atoms with van der Waals surface area (Å²) < 4.78 is 41.2. The van der Waals surface area contributed by atoms with E-state index in [0.29, 0.717) is 16.4 Å². The largest absolute Gasteiger partial charge is 0.417 e. The van der Waals surface area contributed by atoms with Gasteiger partial charge in [0, 0.05) is 10.6 Å². The van der Waals surface area contributed by atoms with Gasteiger partial charge in [-0.3, -0.25) is 4.57 Å². The second-order valence-corrected chi connectivity index (χ2v) is 7.05. The van der Waals surface area contributed by atoms with Crippen molar-refractivity contribution < 1.29 is 13.2 Å². The Hall–Kier alpha value is -2.21. The van der Waals surface area contributed by atoms with Crippen molar-refractivity contribution in [1.29, 1.82) is 5.26 Å². The molecule has 0 fully saturated rings. The highest BCUT2D eigenvalue weighted by atomic mass is 35.5. The topological polar surface area (TPSA) is 54.5 Å². The van der Waals surface area contributed by atoms with Crippen molar-refractivity contribution in [2.45, 2.75) is 11.3 Å². The molecule has 27 heavy (non-hydrogen) atoms. The van der Waals surface area contributed by atoms with Crippen molar-refractivity contribution in [2.75, 3.05) is 5.75 Å². The average Bonchev–Trinajstić information content (AvgIpc) is 3.03. The fourth-order valence-electron chi connectivity index (χ4n) is 2.38. The van der Waals surface area contributed by atoms with Crippen LogP contribution in [-0.2, 0) is 6.18 Å². The highest BCUT2D eigenvalue weighted by molar-refractivity contribution is 7.99. The molecule has 3 rings (SSSR count). The maximum Gasteiger partial charge on any atom is 0.417 e. The Balaban J connectivity index is 2.21. The third kappa shape index (κ3) is 4.21. The standard InChI is InChI=1S/C17H9Cl2F3N4S/c18-11-3-1-2-10(8-11)15-24-25-16(27-7-6-23)26(15)12-4-5-14(19)13(9-12)17(20,21)22/h1-5,8-9H,7H2. The molecule has 0 aliphatic rings. The van der Waals surface area contributed by atoms with Gasteiger partial charge in [0.05, 0.1) is 28.1 Å². The van der Waals surface area contributed by atoms with Crippen molar-refractivity contribution in [3.05, 3.63) is 58.1 Å². The van der Waals surface area contributed by atoms with Crippen molar-refractivity contribution in [3.63, 3.8) is 0 Å². The molecule has 0 bridgehead atoms. The summed E-state index contributed by atoms with van der Waals surface area (Å²) in [7, 11) is 0. The van der Waals surface area contributed by atoms with Crippen molar-refractivity contribution >= 4 is 35.0 Å². The van der Waals surface area contributed by atoms with E-state index in [1.54, 1.807) is 24.3 Å². The van der Waals surface area contributed by atoms with Gasteiger partial charge in [-0.25, -0.2) is 0 Å². The lowest BCUT2D eigenvalue weighted by Gasteiger charge is -2.14. The van der Waals surface area contributed by atoms with Crippen LogP contribution in [0.25, 0.3) is 17.1 Å². The first kappa shape index (κ1) is 19.5. The normalized spacial score (nSPS) is 11.4. The van der Waals surface area contributed by atoms with Crippen LogP contribution in [0.1, 0.15) is 5.56 Å². The number of nitrogens with zero attached hydrogens (tertiary/aromatic N) is 4. The van der Waals surface area contributed by atoms with E-state index in [1.807, 2.05) is 6.07 Å². The first-order valence-corrected chi connectivity index (χ1v) is 9.13. The van der Waals surface area contributed by atoms with Gasteiger partial charge in [0.25, 0.3) is 0 Å². The number of alkyl halides is 3. The Kier molecular flexibility index (Phi) is 5.65. The fraction of sp³-hybridized carbons (Fsp3) is 0.118. The number of benzene rings is 2. The van der Waals surface area contributed by atoms with Crippen LogP contribution in [0.5, 0.6) is 0 Å². The third-order valence-corrected chi connectivity index (χ3v) is 4.86. The highest BCUT2D eigenvalue weighted by Crippen LogP contribution is 2.37. The van der Waals surface area contributed by atoms with Gasteiger partial charge in [0.1, 0.15) is 0 Å². The number of aromatic nitrogens is 3. The molecule has 0 radical (unpaired) electrons. The van der Waals surface area contributed by atoms with Crippen LogP contribution in [0, 0.1) is 11.3 Å². The van der Waals surface area contributed by atoms with Crippen molar-refractivity contribution in [3.8, 4) is 23.1 Å². The van der Waals surface area contributed by atoms with Gasteiger partial charge in [-0.1, -0.05) is 47.1 Å². The van der Waals surface area contributed by atoms with Crippen LogP contribution in [0.3, 0.4) is 0 Å². The minimum atomic E-state index is -4.61. The number of thioether (sulfide) groups is 1. The lowest BCUT2D eigenvalue weighted by atomic mass is 10.1. The predicted octanol–water partition coefficient (Wildman–Crippen LogP) is 5.88. The van der Waals surface area contributed by atoms with E-state index in [0.717, 1.165) is 17.8 Å². The summed E-state index contributed by atoms with van der Waals surface area (Å²) >= 11 is 12.8. The molecule has 0 atom stereocenters. The quantitative estimate of drug-likeness (QED) is 0.487. The molecule has 0 amide bonds. The molecule has 0 spiro atoms. The zero-order valence-corrected chi connectivity index (χ0v) is 15.7.